The Kier molecular flexibility index (Phi) is 6.96. The normalized spacial score (nSPS) is 15.5. The number of aromatic nitrogens is 2. The van der Waals surface area contributed by atoms with Crippen LogP contribution in [0.3, 0.4) is 0 Å². The average Bonchev–Trinajstić information content (AvgIpc) is 3.58. The number of rotatable bonds is 8. The van der Waals surface area contributed by atoms with Gasteiger partial charge in [0, 0.05) is 24.5 Å². The number of nitrogens with one attached hydrogen (secondary N) is 1. The Hall–Kier alpha value is -3.43. The van der Waals surface area contributed by atoms with Crippen LogP contribution in [0.4, 0.5) is 4.39 Å². The lowest BCUT2D eigenvalue weighted by molar-refractivity contribution is 0.0858. The number of furan rings is 1. The maximum Gasteiger partial charge on any atom is 0.262 e. The van der Waals surface area contributed by atoms with E-state index in [2.05, 4.69) is 5.32 Å². The summed E-state index contributed by atoms with van der Waals surface area (Å²) in [4.78, 5) is 30.9. The average molecular weight is 494 g/mol. The number of benzene rings is 2. The van der Waals surface area contributed by atoms with Crippen LogP contribution in [-0.4, -0.2) is 34.7 Å². The standard InChI is InChI=1S/C26H24FN3O4S/c27-19-8-5-17(6-9-19)16-35-26-29-23-13-18(24(31)28-14-20-3-1-11-33-20)7-10-22(23)25(32)30(26)15-21-4-2-12-34-21/h2,4-10,12-13,20H,1,3,11,14-16H2,(H,28,31)/t20-/m1/s1. The summed E-state index contributed by atoms with van der Waals surface area (Å²) in [6.45, 7) is 1.40. The summed E-state index contributed by atoms with van der Waals surface area (Å²) in [5, 5.41) is 3.81. The first kappa shape index (κ1) is 23.3. The Morgan fingerprint density at radius 2 is 2.06 bits per heavy atom. The molecule has 1 aliphatic heterocycles. The molecule has 0 spiro atoms. The number of amides is 1. The fourth-order valence-electron chi connectivity index (χ4n) is 3.99. The highest BCUT2D eigenvalue weighted by molar-refractivity contribution is 7.98. The van der Waals surface area contributed by atoms with Gasteiger partial charge in [-0.05, 0) is 60.9 Å². The molecule has 3 heterocycles. The van der Waals surface area contributed by atoms with Gasteiger partial charge in [0.1, 0.15) is 11.6 Å². The number of carbonyl (C=O) groups is 1. The molecule has 35 heavy (non-hydrogen) atoms. The molecule has 5 rings (SSSR count). The van der Waals surface area contributed by atoms with Crippen molar-refractivity contribution in [2.75, 3.05) is 13.2 Å². The summed E-state index contributed by atoms with van der Waals surface area (Å²) in [5.41, 5.74) is 1.55. The van der Waals surface area contributed by atoms with Crippen LogP contribution >= 0.6 is 11.8 Å². The SMILES string of the molecule is O=C(NC[C@H]1CCCO1)c1ccc2c(=O)n(Cc3ccco3)c(SCc3ccc(F)cc3)nc2c1. The number of nitrogens with zero attached hydrogens (tertiary/aromatic N) is 2. The predicted octanol–water partition coefficient (Wildman–Crippen LogP) is 4.38. The molecule has 1 N–H and O–H groups in total. The van der Waals surface area contributed by atoms with Crippen LogP contribution in [0.5, 0.6) is 0 Å². The van der Waals surface area contributed by atoms with E-state index < -0.39 is 0 Å². The molecular weight excluding hydrogens is 469 g/mol. The van der Waals surface area contributed by atoms with E-state index in [4.69, 9.17) is 14.1 Å². The smallest absolute Gasteiger partial charge is 0.262 e. The van der Waals surface area contributed by atoms with Gasteiger partial charge in [-0.25, -0.2) is 9.37 Å². The van der Waals surface area contributed by atoms with E-state index in [1.54, 1.807) is 53.3 Å². The van der Waals surface area contributed by atoms with Crippen LogP contribution in [0.1, 0.15) is 34.5 Å². The molecule has 0 radical (unpaired) electrons. The lowest BCUT2D eigenvalue weighted by Gasteiger charge is -2.13. The van der Waals surface area contributed by atoms with Crippen molar-refractivity contribution in [3.8, 4) is 0 Å². The van der Waals surface area contributed by atoms with Crippen LogP contribution < -0.4 is 10.9 Å². The maximum absolute atomic E-state index is 13.4. The highest BCUT2D eigenvalue weighted by Crippen LogP contribution is 2.24. The van der Waals surface area contributed by atoms with Crippen LogP contribution in [0, 0.1) is 5.82 Å². The predicted molar refractivity (Wildman–Crippen MR) is 131 cm³/mol. The van der Waals surface area contributed by atoms with E-state index in [9.17, 15) is 14.0 Å². The second-order valence-electron chi connectivity index (χ2n) is 8.36. The topological polar surface area (TPSA) is 86.4 Å². The molecule has 7 nitrogen and oxygen atoms in total. The lowest BCUT2D eigenvalue weighted by atomic mass is 10.1. The van der Waals surface area contributed by atoms with Gasteiger partial charge in [-0.15, -0.1) is 0 Å². The summed E-state index contributed by atoms with van der Waals surface area (Å²) in [5.74, 6) is 0.590. The molecule has 4 aromatic rings. The fourth-order valence-corrected chi connectivity index (χ4v) is 4.95. The third-order valence-electron chi connectivity index (χ3n) is 5.87. The minimum absolute atomic E-state index is 0.0424. The molecule has 180 valence electrons. The van der Waals surface area contributed by atoms with Crippen molar-refractivity contribution in [1.82, 2.24) is 14.9 Å². The number of hydrogen-bond donors (Lipinski definition) is 1. The summed E-state index contributed by atoms with van der Waals surface area (Å²) < 4.78 is 25.9. The summed E-state index contributed by atoms with van der Waals surface area (Å²) in [6, 6.07) is 14.7. The minimum atomic E-state index is -0.303. The van der Waals surface area contributed by atoms with Gasteiger partial charge in [0.15, 0.2) is 5.16 Å². The summed E-state index contributed by atoms with van der Waals surface area (Å²) in [7, 11) is 0. The Morgan fingerprint density at radius 3 is 2.80 bits per heavy atom. The molecule has 1 saturated heterocycles. The van der Waals surface area contributed by atoms with Gasteiger partial charge in [-0.1, -0.05) is 23.9 Å². The van der Waals surface area contributed by atoms with Crippen molar-refractivity contribution in [2.45, 2.75) is 36.4 Å². The van der Waals surface area contributed by atoms with Gasteiger partial charge >= 0.3 is 0 Å². The molecule has 2 aromatic carbocycles. The first-order chi connectivity index (χ1) is 17.1. The number of ether oxygens (including phenoxy) is 1. The van der Waals surface area contributed by atoms with Gasteiger partial charge in [-0.3, -0.25) is 14.2 Å². The first-order valence-electron chi connectivity index (χ1n) is 11.4. The summed E-state index contributed by atoms with van der Waals surface area (Å²) in [6.07, 6.45) is 3.54. The van der Waals surface area contributed by atoms with E-state index in [1.165, 1.54) is 23.9 Å². The molecule has 0 aliphatic carbocycles. The van der Waals surface area contributed by atoms with Crippen LogP contribution in [0.2, 0.25) is 0 Å². The number of carbonyl (C=O) groups excluding carboxylic acids is 1. The molecule has 9 heteroatoms. The van der Waals surface area contributed by atoms with E-state index >= 15 is 0 Å². The van der Waals surface area contributed by atoms with Gasteiger partial charge < -0.3 is 14.5 Å². The quantitative estimate of drug-likeness (QED) is 0.290. The van der Waals surface area contributed by atoms with Crippen molar-refractivity contribution in [3.05, 3.63) is 93.9 Å². The zero-order chi connectivity index (χ0) is 24.2. The molecule has 1 atom stereocenters. The molecular formula is C26H24FN3O4S. The molecule has 0 bridgehead atoms. The zero-order valence-corrected chi connectivity index (χ0v) is 19.7. The van der Waals surface area contributed by atoms with Crippen LogP contribution in [0.15, 0.2) is 75.2 Å². The van der Waals surface area contributed by atoms with E-state index in [0.717, 1.165) is 25.0 Å². The molecule has 1 fully saturated rings. The lowest BCUT2D eigenvalue weighted by Crippen LogP contribution is -2.31. The largest absolute Gasteiger partial charge is 0.467 e. The third-order valence-corrected chi connectivity index (χ3v) is 6.92. The van der Waals surface area contributed by atoms with E-state index in [-0.39, 0.29) is 29.9 Å². The Labute approximate surface area is 205 Å². The van der Waals surface area contributed by atoms with E-state index in [1.807, 2.05) is 0 Å². The van der Waals surface area contributed by atoms with Crippen LogP contribution in [0.25, 0.3) is 10.9 Å². The first-order valence-corrected chi connectivity index (χ1v) is 12.4. The van der Waals surface area contributed by atoms with Gasteiger partial charge in [0.2, 0.25) is 0 Å². The van der Waals surface area contributed by atoms with Crippen LogP contribution in [-0.2, 0) is 17.0 Å². The number of thioether (sulfide) groups is 1. The second-order valence-corrected chi connectivity index (χ2v) is 9.30. The summed E-state index contributed by atoms with van der Waals surface area (Å²) >= 11 is 1.37. The minimum Gasteiger partial charge on any atom is -0.467 e. The van der Waals surface area contributed by atoms with Gasteiger partial charge in [-0.2, -0.15) is 0 Å². The van der Waals surface area contributed by atoms with Crippen molar-refractivity contribution in [2.24, 2.45) is 0 Å². The molecule has 0 unspecified atom stereocenters. The Bertz CT molecular complexity index is 1380. The Balaban J connectivity index is 1.45. The zero-order valence-electron chi connectivity index (χ0n) is 18.9. The highest BCUT2D eigenvalue weighted by Gasteiger charge is 2.18. The molecule has 1 amide bonds. The van der Waals surface area contributed by atoms with Crippen molar-refractivity contribution in [3.63, 3.8) is 0 Å². The Morgan fingerprint density at radius 1 is 1.20 bits per heavy atom. The maximum atomic E-state index is 13.4. The fraction of sp³-hybridized carbons (Fsp3) is 0.269. The molecule has 1 aliphatic rings. The van der Waals surface area contributed by atoms with Crippen molar-refractivity contribution in [1.29, 1.82) is 0 Å². The van der Waals surface area contributed by atoms with Gasteiger partial charge in [0.05, 0.1) is 29.8 Å². The van der Waals surface area contributed by atoms with E-state index in [0.29, 0.717) is 39.7 Å². The number of hydrogen-bond acceptors (Lipinski definition) is 6. The van der Waals surface area contributed by atoms with Crippen molar-refractivity contribution >= 4 is 28.6 Å². The monoisotopic (exact) mass is 493 g/mol. The van der Waals surface area contributed by atoms with Gasteiger partial charge in [0.25, 0.3) is 11.5 Å². The number of halogens is 1. The molecule has 0 saturated carbocycles. The molecule has 2 aromatic heterocycles. The second kappa shape index (κ2) is 10.5. The van der Waals surface area contributed by atoms with Crippen molar-refractivity contribution < 1.29 is 18.3 Å². The highest BCUT2D eigenvalue weighted by atomic mass is 32.2. The number of fused-ring (bicyclic) bond motifs is 1. The third kappa shape index (κ3) is 5.47.